The summed E-state index contributed by atoms with van der Waals surface area (Å²) in [4.78, 5) is 22.6. The molecular weight excluding hydrogens is 352 g/mol. The van der Waals surface area contributed by atoms with Crippen LogP contribution in [0.1, 0.15) is 80.1 Å². The van der Waals surface area contributed by atoms with Gasteiger partial charge in [0.25, 0.3) is 0 Å². The molecule has 0 radical (unpaired) electrons. The van der Waals surface area contributed by atoms with Gasteiger partial charge in [-0.2, -0.15) is 0 Å². The topological polar surface area (TPSA) is 52.6 Å². The maximum Gasteiger partial charge on any atom is 0.303 e. The average molecular weight is 391 g/mol. The zero-order valence-corrected chi connectivity index (χ0v) is 18.6. The summed E-state index contributed by atoms with van der Waals surface area (Å²) in [6, 6.07) is 0. The molecule has 158 valence electrons. The van der Waals surface area contributed by atoms with Gasteiger partial charge < -0.3 is 9.47 Å². The molecule has 0 N–H and O–H groups in total. The van der Waals surface area contributed by atoms with E-state index < -0.39 is 6.10 Å². The fourth-order valence-electron chi connectivity index (χ4n) is 5.81. The van der Waals surface area contributed by atoms with Gasteiger partial charge in [-0.15, -0.1) is 0 Å². The molecule has 2 aliphatic rings. The Labute approximate surface area is 170 Å². The van der Waals surface area contributed by atoms with Crippen LogP contribution < -0.4 is 0 Å². The van der Waals surface area contributed by atoms with Crippen molar-refractivity contribution in [3.8, 4) is 0 Å². The maximum absolute atomic E-state index is 11.5. The molecule has 0 aromatic heterocycles. The molecule has 0 saturated heterocycles. The molecule has 1 saturated carbocycles. The number of esters is 2. The number of rotatable bonds is 7. The van der Waals surface area contributed by atoms with Crippen molar-refractivity contribution >= 4 is 11.9 Å². The quantitative estimate of drug-likeness (QED) is 0.418. The Bertz CT molecular complexity index is 645. The van der Waals surface area contributed by atoms with E-state index in [1.807, 2.05) is 0 Å². The minimum Gasteiger partial charge on any atom is -0.462 e. The van der Waals surface area contributed by atoms with Crippen molar-refractivity contribution in [2.45, 2.75) is 86.2 Å². The van der Waals surface area contributed by atoms with Crippen LogP contribution in [0, 0.1) is 22.7 Å². The number of fused-ring (bicyclic) bond motifs is 1. The van der Waals surface area contributed by atoms with Crippen LogP contribution in [0.5, 0.6) is 0 Å². The molecule has 0 unspecified atom stereocenters. The lowest BCUT2D eigenvalue weighted by molar-refractivity contribution is -0.154. The van der Waals surface area contributed by atoms with E-state index in [2.05, 4.69) is 40.3 Å². The third kappa shape index (κ3) is 5.07. The Morgan fingerprint density at radius 2 is 1.89 bits per heavy atom. The third-order valence-electron chi connectivity index (χ3n) is 7.25. The number of hydrogen-bond donors (Lipinski definition) is 0. The number of allylic oxidation sites excluding steroid dienone is 2. The summed E-state index contributed by atoms with van der Waals surface area (Å²) in [6.45, 7) is 16.5. The number of ether oxygens (including phenoxy) is 2. The summed E-state index contributed by atoms with van der Waals surface area (Å²) in [5.41, 5.74) is 2.97. The molecule has 1 fully saturated rings. The largest absolute Gasteiger partial charge is 0.462 e. The minimum absolute atomic E-state index is 0.0418. The molecule has 4 nitrogen and oxygen atoms in total. The minimum atomic E-state index is -0.569. The molecule has 0 aliphatic heterocycles. The standard InChI is InChI=1S/C24H38O4/c1-16-10-12-22-23(5,6)13-8-14-24(22,7)20(16)11-9-17(2)21(28-19(4)26)15-27-18(3)25/h10,20-22H,2,8-9,11-15H2,1,3-7H3/t20-,21+,22-,24+/m0/s1. The maximum atomic E-state index is 11.5. The first-order chi connectivity index (χ1) is 13.0. The van der Waals surface area contributed by atoms with Crippen LogP contribution >= 0.6 is 0 Å². The zero-order valence-electron chi connectivity index (χ0n) is 18.6. The van der Waals surface area contributed by atoms with Crippen molar-refractivity contribution in [2.75, 3.05) is 6.61 Å². The van der Waals surface area contributed by atoms with E-state index in [4.69, 9.17) is 9.47 Å². The van der Waals surface area contributed by atoms with Crippen molar-refractivity contribution in [1.29, 1.82) is 0 Å². The van der Waals surface area contributed by atoms with Crippen LogP contribution in [-0.4, -0.2) is 24.6 Å². The van der Waals surface area contributed by atoms with Gasteiger partial charge >= 0.3 is 11.9 Å². The van der Waals surface area contributed by atoms with Gasteiger partial charge in [0, 0.05) is 13.8 Å². The van der Waals surface area contributed by atoms with Crippen molar-refractivity contribution in [3.05, 3.63) is 23.8 Å². The highest BCUT2D eigenvalue weighted by atomic mass is 16.6. The second-order valence-electron chi connectivity index (χ2n) is 9.73. The highest BCUT2D eigenvalue weighted by molar-refractivity contribution is 5.67. The zero-order chi connectivity index (χ0) is 21.1. The van der Waals surface area contributed by atoms with Crippen molar-refractivity contribution in [1.82, 2.24) is 0 Å². The number of carbonyl (C=O) groups is 2. The van der Waals surface area contributed by atoms with Crippen LogP contribution in [0.25, 0.3) is 0 Å². The Balaban J connectivity index is 2.10. The van der Waals surface area contributed by atoms with Gasteiger partial charge in [-0.05, 0) is 67.3 Å². The summed E-state index contributed by atoms with van der Waals surface area (Å²) in [5.74, 6) is 0.444. The fraction of sp³-hybridized carbons (Fsp3) is 0.750. The highest BCUT2D eigenvalue weighted by Gasteiger charge is 2.51. The van der Waals surface area contributed by atoms with Gasteiger partial charge in [0.05, 0.1) is 0 Å². The van der Waals surface area contributed by atoms with Crippen LogP contribution in [0.2, 0.25) is 0 Å². The van der Waals surface area contributed by atoms with Crippen LogP contribution in [0.3, 0.4) is 0 Å². The third-order valence-corrected chi connectivity index (χ3v) is 7.25. The van der Waals surface area contributed by atoms with Gasteiger partial charge in [-0.25, -0.2) is 0 Å². The molecule has 4 heteroatoms. The fourth-order valence-corrected chi connectivity index (χ4v) is 5.81. The molecule has 0 spiro atoms. The van der Waals surface area contributed by atoms with Gasteiger partial charge in [0.2, 0.25) is 0 Å². The predicted molar refractivity (Wildman–Crippen MR) is 112 cm³/mol. The molecule has 0 bridgehead atoms. The van der Waals surface area contributed by atoms with Gasteiger partial charge in [0.1, 0.15) is 6.61 Å². The predicted octanol–water partition coefficient (Wildman–Crippen LogP) is 5.62. The van der Waals surface area contributed by atoms with Crippen molar-refractivity contribution in [3.63, 3.8) is 0 Å². The average Bonchev–Trinajstić information content (AvgIpc) is 2.56. The first-order valence-corrected chi connectivity index (χ1v) is 10.6. The molecule has 0 aromatic carbocycles. The Morgan fingerprint density at radius 3 is 2.50 bits per heavy atom. The lowest BCUT2D eigenvalue weighted by Gasteiger charge is -2.57. The Morgan fingerprint density at radius 1 is 1.21 bits per heavy atom. The SMILES string of the molecule is C=C(CC[C@H]1C(C)=CC[C@H]2C(C)(C)CCC[C@]12C)[C@@H](COC(C)=O)OC(C)=O. The second-order valence-corrected chi connectivity index (χ2v) is 9.73. The summed E-state index contributed by atoms with van der Waals surface area (Å²) in [6.07, 6.45) is 8.65. The number of carbonyl (C=O) groups excluding carboxylic acids is 2. The highest BCUT2D eigenvalue weighted by Crippen LogP contribution is 2.60. The van der Waals surface area contributed by atoms with Gasteiger partial charge in [-0.3, -0.25) is 9.59 Å². The molecule has 0 amide bonds. The van der Waals surface area contributed by atoms with E-state index in [9.17, 15) is 9.59 Å². The van der Waals surface area contributed by atoms with Gasteiger partial charge in [-0.1, -0.05) is 45.4 Å². The monoisotopic (exact) mass is 390 g/mol. The lowest BCUT2D eigenvalue weighted by Crippen LogP contribution is -2.48. The van der Waals surface area contributed by atoms with Crippen LogP contribution in [0.15, 0.2) is 23.8 Å². The van der Waals surface area contributed by atoms with E-state index in [1.165, 1.54) is 45.1 Å². The van der Waals surface area contributed by atoms with Crippen LogP contribution in [-0.2, 0) is 19.1 Å². The molecule has 0 aromatic rings. The van der Waals surface area contributed by atoms with E-state index >= 15 is 0 Å². The summed E-state index contributed by atoms with van der Waals surface area (Å²) in [7, 11) is 0. The van der Waals surface area contributed by atoms with E-state index in [1.54, 1.807) is 0 Å². The lowest BCUT2D eigenvalue weighted by atomic mass is 9.48. The van der Waals surface area contributed by atoms with Crippen molar-refractivity contribution < 1.29 is 19.1 Å². The first-order valence-electron chi connectivity index (χ1n) is 10.6. The normalized spacial score (nSPS) is 29.9. The van der Waals surface area contributed by atoms with E-state index in [0.29, 0.717) is 22.7 Å². The van der Waals surface area contributed by atoms with E-state index in [0.717, 1.165) is 18.4 Å². The molecule has 2 rings (SSSR count). The molecule has 2 aliphatic carbocycles. The Kier molecular flexibility index (Phi) is 7.17. The summed E-state index contributed by atoms with van der Waals surface area (Å²) < 4.78 is 10.4. The van der Waals surface area contributed by atoms with Crippen LogP contribution in [0.4, 0.5) is 0 Å². The smallest absolute Gasteiger partial charge is 0.303 e. The summed E-state index contributed by atoms with van der Waals surface area (Å²) in [5, 5.41) is 0. The first kappa shape index (κ1) is 22.7. The van der Waals surface area contributed by atoms with E-state index in [-0.39, 0.29) is 18.5 Å². The molecule has 28 heavy (non-hydrogen) atoms. The number of hydrogen-bond acceptors (Lipinski definition) is 4. The Hall–Kier alpha value is -1.58. The molecular formula is C24H38O4. The van der Waals surface area contributed by atoms with Gasteiger partial charge in [0.15, 0.2) is 6.10 Å². The second kappa shape index (κ2) is 8.84. The molecule has 0 heterocycles. The summed E-state index contributed by atoms with van der Waals surface area (Å²) >= 11 is 0. The van der Waals surface area contributed by atoms with Crippen molar-refractivity contribution in [2.24, 2.45) is 22.7 Å². The molecule has 4 atom stereocenters.